The van der Waals surface area contributed by atoms with Gasteiger partial charge in [-0.05, 0) is 25.5 Å². The third kappa shape index (κ3) is 2.35. The zero-order valence-corrected chi connectivity index (χ0v) is 11.4. The Labute approximate surface area is 112 Å². The number of nitrogens with one attached hydrogen (secondary N) is 1. The SMILES string of the molecule is COc1cc(C2CCCCN2)c(O)c(Cl)c1OC. The lowest BCUT2D eigenvalue weighted by Gasteiger charge is -2.25. The van der Waals surface area contributed by atoms with Crippen LogP contribution in [0.2, 0.25) is 5.02 Å². The van der Waals surface area contributed by atoms with Gasteiger partial charge in [-0.1, -0.05) is 18.0 Å². The molecule has 4 nitrogen and oxygen atoms in total. The minimum atomic E-state index is 0.0775. The van der Waals surface area contributed by atoms with Crippen LogP contribution in [0.15, 0.2) is 6.07 Å². The van der Waals surface area contributed by atoms with Gasteiger partial charge >= 0.3 is 0 Å². The van der Waals surface area contributed by atoms with E-state index in [0.29, 0.717) is 11.5 Å². The van der Waals surface area contributed by atoms with Crippen molar-refractivity contribution < 1.29 is 14.6 Å². The van der Waals surface area contributed by atoms with E-state index in [4.69, 9.17) is 21.1 Å². The third-order valence-corrected chi connectivity index (χ3v) is 3.65. The summed E-state index contributed by atoms with van der Waals surface area (Å²) in [6.07, 6.45) is 3.29. The first-order chi connectivity index (χ1) is 8.69. The Balaban J connectivity index is 2.44. The van der Waals surface area contributed by atoms with E-state index in [9.17, 15) is 5.11 Å². The molecule has 1 atom stereocenters. The summed E-state index contributed by atoms with van der Waals surface area (Å²) in [7, 11) is 3.06. The van der Waals surface area contributed by atoms with Crippen LogP contribution in [0.5, 0.6) is 17.2 Å². The average Bonchev–Trinajstić information content (AvgIpc) is 2.42. The Bertz CT molecular complexity index is 431. The number of phenolic OH excluding ortho intramolecular Hbond substituents is 1. The fraction of sp³-hybridized carbons (Fsp3) is 0.538. The largest absolute Gasteiger partial charge is 0.506 e. The summed E-state index contributed by atoms with van der Waals surface area (Å²) in [4.78, 5) is 0. The molecule has 1 aliphatic heterocycles. The molecule has 18 heavy (non-hydrogen) atoms. The van der Waals surface area contributed by atoms with E-state index in [0.717, 1.165) is 31.4 Å². The van der Waals surface area contributed by atoms with Gasteiger partial charge in [-0.25, -0.2) is 0 Å². The maximum absolute atomic E-state index is 10.2. The molecule has 2 rings (SSSR count). The van der Waals surface area contributed by atoms with Crippen molar-refractivity contribution in [3.05, 3.63) is 16.7 Å². The minimum Gasteiger partial charge on any atom is -0.506 e. The van der Waals surface area contributed by atoms with Crippen LogP contribution in [0, 0.1) is 0 Å². The van der Waals surface area contributed by atoms with E-state index in [1.54, 1.807) is 13.2 Å². The van der Waals surface area contributed by atoms with Crippen molar-refractivity contribution in [2.45, 2.75) is 25.3 Å². The first kappa shape index (κ1) is 13.3. The van der Waals surface area contributed by atoms with Gasteiger partial charge in [0.25, 0.3) is 0 Å². The van der Waals surface area contributed by atoms with E-state index in [-0.39, 0.29) is 16.8 Å². The van der Waals surface area contributed by atoms with Crippen LogP contribution in [0.4, 0.5) is 0 Å². The smallest absolute Gasteiger partial charge is 0.183 e. The number of methoxy groups -OCH3 is 2. The number of halogens is 1. The lowest BCUT2D eigenvalue weighted by molar-refractivity contribution is 0.345. The summed E-state index contributed by atoms with van der Waals surface area (Å²) in [6.45, 7) is 0.954. The highest BCUT2D eigenvalue weighted by molar-refractivity contribution is 6.33. The Morgan fingerprint density at radius 3 is 2.67 bits per heavy atom. The molecule has 0 amide bonds. The fourth-order valence-corrected chi connectivity index (χ4v) is 2.62. The van der Waals surface area contributed by atoms with E-state index >= 15 is 0 Å². The second kappa shape index (κ2) is 5.67. The molecule has 100 valence electrons. The number of aromatic hydroxyl groups is 1. The fourth-order valence-electron chi connectivity index (χ4n) is 2.34. The number of piperidine rings is 1. The number of phenols is 1. The van der Waals surface area contributed by atoms with E-state index in [1.165, 1.54) is 7.11 Å². The van der Waals surface area contributed by atoms with Crippen molar-refractivity contribution in [1.82, 2.24) is 5.32 Å². The lowest BCUT2D eigenvalue weighted by atomic mass is 9.96. The molecule has 0 aliphatic carbocycles. The Kier molecular flexibility index (Phi) is 4.19. The quantitative estimate of drug-likeness (QED) is 0.888. The molecule has 5 heteroatoms. The second-order valence-electron chi connectivity index (χ2n) is 4.37. The van der Waals surface area contributed by atoms with Gasteiger partial charge in [-0.15, -0.1) is 0 Å². The van der Waals surface area contributed by atoms with Crippen LogP contribution >= 0.6 is 11.6 Å². The van der Waals surface area contributed by atoms with Gasteiger partial charge in [0.2, 0.25) is 0 Å². The van der Waals surface area contributed by atoms with Crippen LogP contribution in [0.25, 0.3) is 0 Å². The maximum atomic E-state index is 10.2. The molecule has 1 fully saturated rings. The molecule has 0 bridgehead atoms. The summed E-state index contributed by atoms with van der Waals surface area (Å²) < 4.78 is 10.4. The van der Waals surface area contributed by atoms with Crippen molar-refractivity contribution in [1.29, 1.82) is 0 Å². The Morgan fingerprint density at radius 2 is 2.11 bits per heavy atom. The van der Waals surface area contributed by atoms with Crippen molar-refractivity contribution in [3.8, 4) is 17.2 Å². The van der Waals surface area contributed by atoms with Gasteiger partial charge in [0.05, 0.1) is 14.2 Å². The Morgan fingerprint density at radius 1 is 1.33 bits per heavy atom. The third-order valence-electron chi connectivity index (χ3n) is 3.30. The summed E-state index contributed by atoms with van der Waals surface area (Å²) >= 11 is 6.12. The molecular formula is C13H18ClNO3. The highest BCUT2D eigenvalue weighted by Gasteiger charge is 2.24. The average molecular weight is 272 g/mol. The molecule has 1 unspecified atom stereocenters. The topological polar surface area (TPSA) is 50.7 Å². The number of ether oxygens (including phenoxy) is 2. The highest BCUT2D eigenvalue weighted by atomic mass is 35.5. The standard InChI is InChI=1S/C13H18ClNO3/c1-17-10-7-8(9-5-3-4-6-15-9)12(16)11(14)13(10)18-2/h7,9,15-16H,3-6H2,1-2H3. The lowest BCUT2D eigenvalue weighted by Crippen LogP contribution is -2.26. The normalized spacial score (nSPS) is 19.6. The van der Waals surface area contributed by atoms with Gasteiger partial charge < -0.3 is 19.9 Å². The molecular weight excluding hydrogens is 254 g/mol. The first-order valence-corrected chi connectivity index (χ1v) is 6.43. The number of rotatable bonds is 3. The summed E-state index contributed by atoms with van der Waals surface area (Å²) in [5.74, 6) is 0.993. The van der Waals surface area contributed by atoms with Crippen LogP contribution in [-0.4, -0.2) is 25.9 Å². The van der Waals surface area contributed by atoms with Gasteiger partial charge in [0.15, 0.2) is 11.5 Å². The zero-order chi connectivity index (χ0) is 13.1. The monoisotopic (exact) mass is 271 g/mol. The zero-order valence-electron chi connectivity index (χ0n) is 10.6. The number of hydrogen-bond donors (Lipinski definition) is 2. The molecule has 1 aromatic carbocycles. The van der Waals surface area contributed by atoms with Crippen molar-refractivity contribution >= 4 is 11.6 Å². The molecule has 1 saturated heterocycles. The van der Waals surface area contributed by atoms with Crippen LogP contribution in [0.3, 0.4) is 0 Å². The minimum absolute atomic E-state index is 0.0775. The summed E-state index contributed by atoms with van der Waals surface area (Å²) in [5, 5.41) is 13.8. The molecule has 0 radical (unpaired) electrons. The predicted molar refractivity (Wildman–Crippen MR) is 70.8 cm³/mol. The highest BCUT2D eigenvalue weighted by Crippen LogP contribution is 2.46. The van der Waals surface area contributed by atoms with Gasteiger partial charge in [0.1, 0.15) is 10.8 Å². The molecule has 1 aliphatic rings. The van der Waals surface area contributed by atoms with Crippen molar-refractivity contribution in [3.63, 3.8) is 0 Å². The molecule has 1 heterocycles. The summed E-state index contributed by atoms with van der Waals surface area (Å²) in [5.41, 5.74) is 0.775. The van der Waals surface area contributed by atoms with Crippen LogP contribution < -0.4 is 14.8 Å². The molecule has 1 aromatic rings. The van der Waals surface area contributed by atoms with Gasteiger partial charge in [-0.3, -0.25) is 0 Å². The van der Waals surface area contributed by atoms with Gasteiger partial charge in [0, 0.05) is 11.6 Å². The molecule has 0 spiro atoms. The van der Waals surface area contributed by atoms with Gasteiger partial charge in [-0.2, -0.15) is 0 Å². The van der Waals surface area contributed by atoms with E-state index < -0.39 is 0 Å². The Hall–Kier alpha value is -1.13. The molecule has 0 aromatic heterocycles. The van der Waals surface area contributed by atoms with E-state index in [2.05, 4.69) is 5.32 Å². The van der Waals surface area contributed by atoms with E-state index in [1.807, 2.05) is 0 Å². The second-order valence-corrected chi connectivity index (χ2v) is 4.74. The summed E-state index contributed by atoms with van der Waals surface area (Å²) in [6, 6.07) is 1.92. The van der Waals surface area contributed by atoms with Crippen LogP contribution in [-0.2, 0) is 0 Å². The number of hydrogen-bond acceptors (Lipinski definition) is 4. The van der Waals surface area contributed by atoms with Crippen molar-refractivity contribution in [2.24, 2.45) is 0 Å². The molecule has 0 saturated carbocycles. The molecule has 2 N–H and O–H groups in total. The predicted octanol–water partition coefficient (Wildman–Crippen LogP) is 2.88. The van der Waals surface area contributed by atoms with Crippen molar-refractivity contribution in [2.75, 3.05) is 20.8 Å². The van der Waals surface area contributed by atoms with Crippen LogP contribution in [0.1, 0.15) is 30.9 Å². The maximum Gasteiger partial charge on any atom is 0.183 e. The number of benzene rings is 1. The first-order valence-electron chi connectivity index (χ1n) is 6.05.